The summed E-state index contributed by atoms with van der Waals surface area (Å²) in [4.78, 5) is 0. The van der Waals surface area contributed by atoms with Crippen LogP contribution in [-0.2, 0) is 0 Å². The summed E-state index contributed by atoms with van der Waals surface area (Å²) in [6, 6.07) is 0. The Morgan fingerprint density at radius 3 is 1.25 bits per heavy atom. The molecular weight excluding hydrogens is 192 g/mol. The van der Waals surface area contributed by atoms with Crippen molar-refractivity contribution in [3.63, 3.8) is 0 Å². The normalized spacial score (nSPS) is 16.0. The van der Waals surface area contributed by atoms with Gasteiger partial charge in [-0.05, 0) is 48.4 Å². The highest BCUT2D eigenvalue weighted by atomic mass is 13.9. The van der Waals surface area contributed by atoms with E-state index in [0.29, 0.717) is 0 Å². The van der Waals surface area contributed by atoms with Gasteiger partial charge in [-0.1, -0.05) is 37.5 Å². The molecule has 1 aliphatic carbocycles. The van der Waals surface area contributed by atoms with Gasteiger partial charge in [0.05, 0.1) is 0 Å². The van der Waals surface area contributed by atoms with Crippen LogP contribution in [0.2, 0.25) is 0 Å². The molecule has 0 radical (unpaired) electrons. The van der Waals surface area contributed by atoms with Crippen LogP contribution in [0, 0.1) is 47.4 Å². The summed E-state index contributed by atoms with van der Waals surface area (Å²) >= 11 is 0. The first-order valence-corrected chi connectivity index (χ1v) is 5.96. The number of hydrogen-bond acceptors (Lipinski definition) is 0. The molecule has 0 aromatic heterocycles. The fraction of sp³-hybridized carbons (Fsp3) is 0.500. The Labute approximate surface area is 99.2 Å². The van der Waals surface area contributed by atoms with Gasteiger partial charge in [0.15, 0.2) is 0 Å². The number of rotatable bonds is 0. The molecule has 0 heterocycles. The maximum absolute atomic E-state index is 3.04. The Kier molecular flexibility index (Phi) is 7.53. The highest BCUT2D eigenvalue weighted by Gasteiger charge is 1.89. The summed E-state index contributed by atoms with van der Waals surface area (Å²) in [5, 5.41) is 0. The van der Waals surface area contributed by atoms with E-state index >= 15 is 0 Å². The molecule has 0 N–H and O–H groups in total. The van der Waals surface area contributed by atoms with Crippen LogP contribution in [0.15, 0.2) is 0 Å². The highest BCUT2D eigenvalue weighted by molar-refractivity contribution is 5.39. The van der Waals surface area contributed by atoms with Gasteiger partial charge in [-0.3, -0.25) is 0 Å². The molecule has 1 aliphatic rings. The Morgan fingerprint density at radius 1 is 0.375 bits per heavy atom. The fourth-order valence-electron chi connectivity index (χ4n) is 1.47. The molecular formula is C16H16. The second-order valence-electron chi connectivity index (χ2n) is 3.72. The maximum atomic E-state index is 3.04. The molecule has 0 amide bonds. The molecule has 0 bridgehead atoms. The molecule has 0 spiro atoms. The van der Waals surface area contributed by atoms with E-state index in [1.807, 2.05) is 0 Å². The predicted molar refractivity (Wildman–Crippen MR) is 68.0 cm³/mol. The van der Waals surface area contributed by atoms with E-state index in [4.69, 9.17) is 0 Å². The van der Waals surface area contributed by atoms with Crippen molar-refractivity contribution in [1.29, 1.82) is 0 Å². The van der Waals surface area contributed by atoms with E-state index in [9.17, 15) is 0 Å². The second-order valence-corrected chi connectivity index (χ2v) is 3.72. The first kappa shape index (κ1) is 12.3. The third kappa shape index (κ3) is 7.63. The SMILES string of the molecule is C1#CC#CCCCCCCCCC#CC#C1. The van der Waals surface area contributed by atoms with Crippen LogP contribution in [0.5, 0.6) is 0 Å². The van der Waals surface area contributed by atoms with Crippen LogP contribution < -0.4 is 0 Å². The van der Waals surface area contributed by atoms with Crippen molar-refractivity contribution in [2.45, 2.75) is 51.4 Å². The molecule has 80 valence electrons. The van der Waals surface area contributed by atoms with E-state index in [2.05, 4.69) is 47.4 Å². The van der Waals surface area contributed by atoms with Crippen LogP contribution >= 0.6 is 0 Å². The van der Waals surface area contributed by atoms with Crippen LogP contribution in [0.4, 0.5) is 0 Å². The molecule has 0 heteroatoms. The third-order valence-corrected chi connectivity index (χ3v) is 2.34. The van der Waals surface area contributed by atoms with Gasteiger partial charge in [-0.2, -0.15) is 0 Å². The molecule has 0 unspecified atom stereocenters. The van der Waals surface area contributed by atoms with E-state index in [-0.39, 0.29) is 0 Å². The van der Waals surface area contributed by atoms with Gasteiger partial charge in [0.2, 0.25) is 0 Å². The fourth-order valence-corrected chi connectivity index (χ4v) is 1.47. The Balaban J connectivity index is 2.46. The van der Waals surface area contributed by atoms with Crippen molar-refractivity contribution in [3.05, 3.63) is 0 Å². The Bertz CT molecular complexity index is 379. The van der Waals surface area contributed by atoms with E-state index in [0.717, 1.165) is 12.8 Å². The molecule has 1 rings (SSSR count). The van der Waals surface area contributed by atoms with Gasteiger partial charge >= 0.3 is 0 Å². The van der Waals surface area contributed by atoms with Gasteiger partial charge < -0.3 is 0 Å². The molecule has 0 nitrogen and oxygen atoms in total. The van der Waals surface area contributed by atoms with Gasteiger partial charge in [0.25, 0.3) is 0 Å². The largest absolute Gasteiger partial charge is 0.0891 e. The van der Waals surface area contributed by atoms with E-state index in [1.54, 1.807) is 0 Å². The molecule has 0 saturated carbocycles. The molecule has 0 aromatic carbocycles. The van der Waals surface area contributed by atoms with Gasteiger partial charge in [-0.25, -0.2) is 0 Å². The maximum Gasteiger partial charge on any atom is 0.00989 e. The lowest BCUT2D eigenvalue weighted by Crippen LogP contribution is -1.79. The zero-order chi connectivity index (χ0) is 11.3. The molecule has 0 atom stereocenters. The average Bonchev–Trinajstić information content (AvgIpc) is 2.29. The second kappa shape index (κ2) is 9.78. The summed E-state index contributed by atoms with van der Waals surface area (Å²) in [5.41, 5.74) is 0. The third-order valence-electron chi connectivity index (χ3n) is 2.34. The van der Waals surface area contributed by atoms with Gasteiger partial charge in [0, 0.05) is 12.8 Å². The first-order chi connectivity index (χ1) is 8.00. The predicted octanol–water partition coefficient (Wildman–Crippen LogP) is 3.13. The van der Waals surface area contributed by atoms with Crippen molar-refractivity contribution in [1.82, 2.24) is 0 Å². The minimum Gasteiger partial charge on any atom is -0.0891 e. The van der Waals surface area contributed by atoms with Crippen LogP contribution in [0.3, 0.4) is 0 Å². The standard InChI is InChI=1S/C16H16/c1-2-4-6-8-10-12-14-16-15-13-11-9-7-5-3-1/h1-8H2. The van der Waals surface area contributed by atoms with Crippen LogP contribution in [0.25, 0.3) is 0 Å². The summed E-state index contributed by atoms with van der Waals surface area (Å²) in [7, 11) is 0. The quantitative estimate of drug-likeness (QED) is 0.536. The molecule has 0 aliphatic heterocycles. The van der Waals surface area contributed by atoms with E-state index < -0.39 is 0 Å². The van der Waals surface area contributed by atoms with Crippen molar-refractivity contribution in [2.24, 2.45) is 0 Å². The van der Waals surface area contributed by atoms with Crippen molar-refractivity contribution < 1.29 is 0 Å². The minimum atomic E-state index is 0.960. The van der Waals surface area contributed by atoms with E-state index in [1.165, 1.54) is 38.5 Å². The zero-order valence-electron chi connectivity index (χ0n) is 9.66. The lowest BCUT2D eigenvalue weighted by molar-refractivity contribution is 0.604. The zero-order valence-corrected chi connectivity index (χ0v) is 9.66. The topological polar surface area (TPSA) is 0 Å². The van der Waals surface area contributed by atoms with Crippen molar-refractivity contribution in [3.8, 4) is 47.4 Å². The summed E-state index contributed by atoms with van der Waals surface area (Å²) < 4.78 is 0. The number of hydrogen-bond donors (Lipinski definition) is 0. The molecule has 0 aromatic rings. The van der Waals surface area contributed by atoms with Gasteiger partial charge in [-0.15, -0.1) is 0 Å². The highest BCUT2D eigenvalue weighted by Crippen LogP contribution is 2.07. The van der Waals surface area contributed by atoms with Crippen molar-refractivity contribution >= 4 is 0 Å². The van der Waals surface area contributed by atoms with Gasteiger partial charge in [0.1, 0.15) is 0 Å². The lowest BCUT2D eigenvalue weighted by atomic mass is 10.1. The molecule has 16 heavy (non-hydrogen) atoms. The monoisotopic (exact) mass is 208 g/mol. The molecule has 0 saturated heterocycles. The Hall–Kier alpha value is -1.76. The molecule has 0 fully saturated rings. The summed E-state index contributed by atoms with van der Waals surface area (Å²) in [6.45, 7) is 0. The van der Waals surface area contributed by atoms with Crippen molar-refractivity contribution in [2.75, 3.05) is 0 Å². The van der Waals surface area contributed by atoms with Crippen LogP contribution in [0.1, 0.15) is 51.4 Å². The minimum absolute atomic E-state index is 0.960. The van der Waals surface area contributed by atoms with Crippen LogP contribution in [-0.4, -0.2) is 0 Å². The first-order valence-electron chi connectivity index (χ1n) is 5.96. The Morgan fingerprint density at radius 2 is 0.750 bits per heavy atom. The summed E-state index contributed by atoms with van der Waals surface area (Å²) in [6.07, 6.45) is 9.52. The smallest absolute Gasteiger partial charge is 0.00989 e. The average molecular weight is 208 g/mol. The summed E-state index contributed by atoms with van der Waals surface area (Å²) in [5.74, 6) is 22.5. The lowest BCUT2D eigenvalue weighted by Gasteiger charge is -1.97.